The first-order valence-corrected chi connectivity index (χ1v) is 7.49. The van der Waals surface area contributed by atoms with Gasteiger partial charge in [0.25, 0.3) is 0 Å². The Balaban J connectivity index is 4.67. The molecule has 0 aliphatic heterocycles. The van der Waals surface area contributed by atoms with Crippen LogP contribution in [0.1, 0.15) is 20.3 Å². The highest BCUT2D eigenvalue weighted by Gasteiger charge is 2.31. The normalized spacial score (nSPS) is 15.6. The Bertz CT molecular complexity index is 328. The Kier molecular flexibility index (Phi) is 7.82. The molecule has 0 N–H and O–H groups in total. The number of hydrogen-bond acceptors (Lipinski definition) is 7. The maximum atomic E-state index is 11.6. The van der Waals surface area contributed by atoms with Gasteiger partial charge in [0.15, 0.2) is 6.10 Å². The van der Waals surface area contributed by atoms with Crippen LogP contribution in [0, 0.1) is 0 Å². The lowest BCUT2D eigenvalue weighted by molar-refractivity contribution is -0.158. The summed E-state index contributed by atoms with van der Waals surface area (Å²) in [5.41, 5.74) is 0. The molecule has 0 spiro atoms. The van der Waals surface area contributed by atoms with Crippen LogP contribution in [0.3, 0.4) is 0 Å². The monoisotopic (exact) mass is 282 g/mol. The van der Waals surface area contributed by atoms with Gasteiger partial charge in [-0.3, -0.25) is 13.9 Å². The zero-order valence-corrected chi connectivity index (χ0v) is 11.9. The molecule has 0 amide bonds. The fourth-order valence-electron chi connectivity index (χ4n) is 1.04. The zero-order chi connectivity index (χ0) is 14.2. The van der Waals surface area contributed by atoms with Gasteiger partial charge in [0, 0.05) is 13.8 Å². The van der Waals surface area contributed by atoms with Crippen molar-refractivity contribution < 1.29 is 32.7 Å². The molecule has 0 aliphatic rings. The minimum Gasteiger partial charge on any atom is -0.466 e. The van der Waals surface area contributed by atoms with E-state index in [1.165, 1.54) is 13.8 Å². The number of esters is 2. The van der Waals surface area contributed by atoms with Gasteiger partial charge in [-0.15, -0.1) is 0 Å². The van der Waals surface area contributed by atoms with E-state index in [9.17, 15) is 14.2 Å². The second-order valence-corrected chi connectivity index (χ2v) is 5.43. The van der Waals surface area contributed by atoms with Crippen molar-refractivity contribution in [2.24, 2.45) is 0 Å². The lowest BCUT2D eigenvalue weighted by Crippen LogP contribution is -2.29. The quantitative estimate of drug-likeness (QED) is 0.490. The first kappa shape index (κ1) is 17.1. The lowest BCUT2D eigenvalue weighted by Gasteiger charge is -2.19. The Labute approximate surface area is 106 Å². The van der Waals surface area contributed by atoms with E-state index >= 15 is 0 Å². The van der Waals surface area contributed by atoms with E-state index in [0.29, 0.717) is 0 Å². The molecular formula is C10H19O7P. The second-order valence-electron chi connectivity index (χ2n) is 3.31. The van der Waals surface area contributed by atoms with Crippen LogP contribution in [0.15, 0.2) is 0 Å². The molecule has 0 aliphatic carbocycles. The summed E-state index contributed by atoms with van der Waals surface area (Å²) in [7, 11) is -2.20. The van der Waals surface area contributed by atoms with Gasteiger partial charge in [0.05, 0.1) is 19.6 Å². The summed E-state index contributed by atoms with van der Waals surface area (Å²) in [6, 6.07) is 0. The summed E-state index contributed by atoms with van der Waals surface area (Å²) in [6.45, 7) is 4.76. The fourth-order valence-corrected chi connectivity index (χ4v) is 1.75. The predicted molar refractivity (Wildman–Crippen MR) is 63.3 cm³/mol. The second kappa shape index (κ2) is 8.24. The van der Waals surface area contributed by atoms with Crippen LogP contribution in [0.5, 0.6) is 0 Å². The summed E-state index contributed by atoms with van der Waals surface area (Å²) in [5, 5.41) is 0. The summed E-state index contributed by atoms with van der Waals surface area (Å²) < 4.78 is 30.6. The number of carbonyl (C=O) groups excluding carboxylic acids is 2. The van der Waals surface area contributed by atoms with Crippen molar-refractivity contribution in [3.63, 3.8) is 0 Å². The van der Waals surface area contributed by atoms with Gasteiger partial charge in [0.2, 0.25) is 0 Å². The smallest absolute Gasteiger partial charge is 0.336 e. The van der Waals surface area contributed by atoms with E-state index in [4.69, 9.17) is 14.0 Å². The third-order valence-electron chi connectivity index (χ3n) is 1.86. The highest BCUT2D eigenvalue weighted by Crippen LogP contribution is 2.44. The topological polar surface area (TPSA) is 88.1 Å². The average Bonchev–Trinajstić information content (AvgIpc) is 2.28. The van der Waals surface area contributed by atoms with Crippen LogP contribution in [0.2, 0.25) is 0 Å². The molecule has 2 atom stereocenters. The van der Waals surface area contributed by atoms with Crippen LogP contribution >= 0.6 is 7.60 Å². The van der Waals surface area contributed by atoms with Crippen molar-refractivity contribution in [2.45, 2.75) is 26.4 Å². The number of rotatable bonds is 8. The van der Waals surface area contributed by atoms with Crippen LogP contribution in [-0.4, -0.2) is 45.0 Å². The lowest BCUT2D eigenvalue weighted by atomic mass is 10.2. The molecule has 8 heteroatoms. The summed E-state index contributed by atoms with van der Waals surface area (Å²) in [6.07, 6.45) is -1.66. The van der Waals surface area contributed by atoms with Crippen molar-refractivity contribution in [3.05, 3.63) is 0 Å². The Morgan fingerprint density at radius 1 is 1.17 bits per heavy atom. The molecule has 0 rings (SSSR count). The summed E-state index contributed by atoms with van der Waals surface area (Å²) >= 11 is 0. The fraction of sp³-hybridized carbons (Fsp3) is 0.800. The molecule has 106 valence electrons. The van der Waals surface area contributed by atoms with Crippen LogP contribution in [-0.2, 0) is 32.7 Å². The molecule has 0 fully saturated rings. The Morgan fingerprint density at radius 3 is 2.17 bits per heavy atom. The van der Waals surface area contributed by atoms with E-state index in [2.05, 4.69) is 4.52 Å². The van der Waals surface area contributed by atoms with Crippen molar-refractivity contribution in [1.82, 2.24) is 0 Å². The molecule has 0 aromatic heterocycles. The van der Waals surface area contributed by atoms with E-state index in [0.717, 1.165) is 0 Å². The van der Waals surface area contributed by atoms with Crippen molar-refractivity contribution >= 4 is 19.5 Å². The number of hydrogen-bond donors (Lipinski definition) is 0. The summed E-state index contributed by atoms with van der Waals surface area (Å²) in [5.74, 6) is -1.41. The molecule has 0 aromatic carbocycles. The molecule has 7 nitrogen and oxygen atoms in total. The molecule has 0 saturated carbocycles. The van der Waals surface area contributed by atoms with Crippen LogP contribution < -0.4 is 0 Å². The van der Waals surface area contributed by atoms with Crippen LogP contribution in [0.25, 0.3) is 0 Å². The van der Waals surface area contributed by atoms with Gasteiger partial charge in [-0.2, -0.15) is 0 Å². The van der Waals surface area contributed by atoms with E-state index in [1.807, 2.05) is 0 Å². The van der Waals surface area contributed by atoms with Gasteiger partial charge in [-0.25, -0.2) is 4.79 Å². The standard InChI is InChI=1S/C10H19O7P/c1-5-15-9(11)7-8(10(12)16-6-2)17-18(4,13)14-3/h8H,5-7H2,1-4H3. The number of ether oxygens (including phenoxy) is 2. The van der Waals surface area contributed by atoms with E-state index in [-0.39, 0.29) is 19.6 Å². The van der Waals surface area contributed by atoms with E-state index in [1.54, 1.807) is 13.8 Å². The highest BCUT2D eigenvalue weighted by molar-refractivity contribution is 7.53. The highest BCUT2D eigenvalue weighted by atomic mass is 31.2. The van der Waals surface area contributed by atoms with Gasteiger partial charge in [-0.05, 0) is 13.8 Å². The van der Waals surface area contributed by atoms with Crippen molar-refractivity contribution in [3.8, 4) is 0 Å². The minimum atomic E-state index is -3.39. The maximum Gasteiger partial charge on any atom is 0.336 e. The Morgan fingerprint density at radius 2 is 1.72 bits per heavy atom. The van der Waals surface area contributed by atoms with Gasteiger partial charge in [-0.1, -0.05) is 0 Å². The largest absolute Gasteiger partial charge is 0.466 e. The molecule has 18 heavy (non-hydrogen) atoms. The molecule has 0 heterocycles. The molecular weight excluding hydrogens is 263 g/mol. The number of carbonyl (C=O) groups is 2. The molecule has 0 saturated heterocycles. The average molecular weight is 282 g/mol. The predicted octanol–water partition coefficient (Wildman–Crippen LogP) is 1.36. The molecule has 0 bridgehead atoms. The zero-order valence-electron chi connectivity index (χ0n) is 11.0. The molecule has 0 aromatic rings. The maximum absolute atomic E-state index is 11.6. The molecule has 0 radical (unpaired) electrons. The van der Waals surface area contributed by atoms with E-state index < -0.39 is 25.6 Å². The van der Waals surface area contributed by atoms with Crippen molar-refractivity contribution in [2.75, 3.05) is 27.0 Å². The van der Waals surface area contributed by atoms with Gasteiger partial charge in [0.1, 0.15) is 0 Å². The third kappa shape index (κ3) is 6.74. The van der Waals surface area contributed by atoms with Gasteiger partial charge >= 0.3 is 19.5 Å². The third-order valence-corrected chi connectivity index (χ3v) is 3.16. The first-order chi connectivity index (χ1) is 8.36. The SMILES string of the molecule is CCOC(=O)CC(OP(C)(=O)OC)C(=O)OCC. The first-order valence-electron chi connectivity index (χ1n) is 5.50. The summed E-state index contributed by atoms with van der Waals surface area (Å²) in [4.78, 5) is 22.8. The van der Waals surface area contributed by atoms with Crippen LogP contribution in [0.4, 0.5) is 0 Å². The molecule has 2 unspecified atom stereocenters. The van der Waals surface area contributed by atoms with Crippen molar-refractivity contribution in [1.29, 1.82) is 0 Å². The minimum absolute atomic E-state index is 0.127. The Hall–Kier alpha value is -0.910. The van der Waals surface area contributed by atoms with Gasteiger partial charge < -0.3 is 14.0 Å².